The van der Waals surface area contributed by atoms with Crippen molar-refractivity contribution in [3.8, 4) is 0 Å². The number of rotatable bonds is 5. The van der Waals surface area contributed by atoms with Crippen molar-refractivity contribution in [2.45, 2.75) is 23.3 Å². The summed E-state index contributed by atoms with van der Waals surface area (Å²) in [5.41, 5.74) is 7.43. The van der Waals surface area contributed by atoms with Gasteiger partial charge in [-0.1, -0.05) is 30.3 Å². The zero-order valence-corrected chi connectivity index (χ0v) is 14.2. The molecular weight excluding hydrogens is 323 g/mol. The Bertz CT molecular complexity index is 678. The maximum Gasteiger partial charge on any atom is 0.223 e. The molecule has 0 spiro atoms. The minimum absolute atomic E-state index is 0.0129. The molecule has 2 atom stereocenters. The predicted octanol–water partition coefficient (Wildman–Crippen LogP) is 3.26. The molecule has 5 heteroatoms. The molecule has 1 fully saturated rings. The molecule has 24 heavy (non-hydrogen) atoms. The van der Waals surface area contributed by atoms with Crippen molar-refractivity contribution in [2.75, 3.05) is 18.8 Å². The van der Waals surface area contributed by atoms with Crippen molar-refractivity contribution in [3.05, 3.63) is 66.0 Å². The van der Waals surface area contributed by atoms with Gasteiger partial charge in [0.05, 0.1) is 0 Å². The van der Waals surface area contributed by atoms with E-state index < -0.39 is 0 Å². The smallest absolute Gasteiger partial charge is 0.223 e. The topological polar surface area (TPSA) is 46.3 Å². The van der Waals surface area contributed by atoms with Gasteiger partial charge in [-0.2, -0.15) is 0 Å². The van der Waals surface area contributed by atoms with E-state index in [4.69, 9.17) is 5.73 Å². The highest BCUT2D eigenvalue weighted by Crippen LogP contribution is 2.27. The zero-order chi connectivity index (χ0) is 16.9. The monoisotopic (exact) mass is 344 g/mol. The Labute approximate surface area is 146 Å². The molecule has 1 amide bonds. The Hall–Kier alpha value is -1.85. The summed E-state index contributed by atoms with van der Waals surface area (Å²) in [6.07, 6.45) is 0.469. The largest absolute Gasteiger partial charge is 0.340 e. The molecule has 1 saturated heterocycles. The third-order valence-corrected chi connectivity index (χ3v) is 5.36. The zero-order valence-electron chi connectivity index (χ0n) is 13.4. The molecule has 0 aromatic heterocycles. The number of carbonyl (C=O) groups is 1. The van der Waals surface area contributed by atoms with Crippen LogP contribution in [0.25, 0.3) is 0 Å². The van der Waals surface area contributed by atoms with Gasteiger partial charge in [-0.3, -0.25) is 4.79 Å². The lowest BCUT2D eigenvalue weighted by Gasteiger charge is -2.16. The van der Waals surface area contributed by atoms with E-state index in [0.29, 0.717) is 25.3 Å². The Balaban J connectivity index is 1.50. The summed E-state index contributed by atoms with van der Waals surface area (Å²) in [5.74, 6) is 0.790. The molecule has 0 radical (unpaired) electrons. The fraction of sp³-hybridized carbons (Fsp3) is 0.316. The standard InChI is InChI=1S/C19H21FN2OS/c20-15-6-8-16(9-7-15)24-11-10-19(23)22-12-17(18(21)13-22)14-4-2-1-3-5-14/h1-9,17-18H,10-13,21H2/t17-,18+/m0/s1. The van der Waals surface area contributed by atoms with E-state index in [1.807, 2.05) is 23.1 Å². The van der Waals surface area contributed by atoms with Crippen LogP contribution in [0.15, 0.2) is 59.5 Å². The summed E-state index contributed by atoms with van der Waals surface area (Å²) in [7, 11) is 0. The Morgan fingerprint density at radius 3 is 2.54 bits per heavy atom. The summed E-state index contributed by atoms with van der Waals surface area (Å²) >= 11 is 1.57. The van der Waals surface area contributed by atoms with E-state index >= 15 is 0 Å². The summed E-state index contributed by atoms with van der Waals surface area (Å²) in [5, 5.41) is 0. The van der Waals surface area contributed by atoms with Gasteiger partial charge in [0.25, 0.3) is 0 Å². The van der Waals surface area contributed by atoms with Gasteiger partial charge in [-0.25, -0.2) is 4.39 Å². The first-order chi connectivity index (χ1) is 11.6. The van der Waals surface area contributed by atoms with Crippen LogP contribution in [-0.2, 0) is 4.79 Å². The average Bonchev–Trinajstić information content (AvgIpc) is 2.99. The number of hydrogen-bond acceptors (Lipinski definition) is 3. The number of thioether (sulfide) groups is 1. The lowest BCUT2D eigenvalue weighted by Crippen LogP contribution is -2.32. The van der Waals surface area contributed by atoms with Crippen molar-refractivity contribution < 1.29 is 9.18 Å². The number of carbonyl (C=O) groups excluding carboxylic acids is 1. The Morgan fingerprint density at radius 2 is 1.83 bits per heavy atom. The number of amides is 1. The number of nitrogens with zero attached hydrogens (tertiary/aromatic N) is 1. The molecule has 0 saturated carbocycles. The minimum Gasteiger partial charge on any atom is -0.340 e. The maximum atomic E-state index is 12.9. The summed E-state index contributed by atoms with van der Waals surface area (Å²) in [6.45, 7) is 1.30. The van der Waals surface area contributed by atoms with Crippen LogP contribution in [0, 0.1) is 5.82 Å². The van der Waals surface area contributed by atoms with Crippen molar-refractivity contribution in [1.82, 2.24) is 4.90 Å². The van der Waals surface area contributed by atoms with Crippen LogP contribution in [0.4, 0.5) is 4.39 Å². The molecule has 0 bridgehead atoms. The van der Waals surface area contributed by atoms with Crippen molar-refractivity contribution >= 4 is 17.7 Å². The average molecular weight is 344 g/mol. The van der Waals surface area contributed by atoms with Gasteiger partial charge < -0.3 is 10.6 Å². The second kappa shape index (κ2) is 7.81. The molecule has 0 unspecified atom stereocenters. The molecular formula is C19H21FN2OS. The van der Waals surface area contributed by atoms with Crippen LogP contribution in [0.5, 0.6) is 0 Å². The number of halogens is 1. The van der Waals surface area contributed by atoms with Gasteiger partial charge in [0.1, 0.15) is 5.82 Å². The quantitative estimate of drug-likeness (QED) is 0.847. The Morgan fingerprint density at radius 1 is 1.12 bits per heavy atom. The molecule has 3 nitrogen and oxygen atoms in total. The first-order valence-corrected chi connectivity index (χ1v) is 9.09. The molecule has 126 valence electrons. The van der Waals surface area contributed by atoms with Crippen LogP contribution in [0.2, 0.25) is 0 Å². The van der Waals surface area contributed by atoms with Crippen molar-refractivity contribution in [1.29, 1.82) is 0 Å². The molecule has 0 aliphatic carbocycles. The second-order valence-corrected chi connectivity index (χ2v) is 7.20. The van der Waals surface area contributed by atoms with Gasteiger partial charge in [-0.15, -0.1) is 11.8 Å². The predicted molar refractivity (Wildman–Crippen MR) is 95.5 cm³/mol. The molecule has 1 aliphatic rings. The second-order valence-electron chi connectivity index (χ2n) is 6.03. The first-order valence-electron chi connectivity index (χ1n) is 8.10. The highest BCUT2D eigenvalue weighted by atomic mass is 32.2. The van der Waals surface area contributed by atoms with Gasteiger partial charge in [0, 0.05) is 42.1 Å². The maximum absolute atomic E-state index is 12.9. The van der Waals surface area contributed by atoms with E-state index in [-0.39, 0.29) is 23.7 Å². The van der Waals surface area contributed by atoms with Gasteiger partial charge in [0.2, 0.25) is 5.91 Å². The Kier molecular flexibility index (Phi) is 5.53. The molecule has 2 N–H and O–H groups in total. The van der Waals surface area contributed by atoms with E-state index in [2.05, 4.69) is 12.1 Å². The SMILES string of the molecule is N[C@@H]1CN(C(=O)CCSc2ccc(F)cc2)C[C@H]1c1ccccc1. The molecule has 1 heterocycles. The van der Waals surface area contributed by atoms with E-state index in [9.17, 15) is 9.18 Å². The van der Waals surface area contributed by atoms with E-state index in [1.54, 1.807) is 23.9 Å². The third-order valence-electron chi connectivity index (χ3n) is 4.34. The van der Waals surface area contributed by atoms with Crippen LogP contribution >= 0.6 is 11.8 Å². The first kappa shape index (κ1) is 17.0. The van der Waals surface area contributed by atoms with Crippen LogP contribution < -0.4 is 5.73 Å². The summed E-state index contributed by atoms with van der Waals surface area (Å²) in [4.78, 5) is 15.3. The van der Waals surface area contributed by atoms with Crippen molar-refractivity contribution in [3.63, 3.8) is 0 Å². The number of hydrogen-bond donors (Lipinski definition) is 1. The van der Waals surface area contributed by atoms with E-state index in [1.165, 1.54) is 17.7 Å². The highest BCUT2D eigenvalue weighted by Gasteiger charge is 2.33. The minimum atomic E-state index is -0.242. The molecule has 2 aromatic carbocycles. The third kappa shape index (κ3) is 4.16. The fourth-order valence-corrected chi connectivity index (χ4v) is 3.87. The van der Waals surface area contributed by atoms with Crippen molar-refractivity contribution in [2.24, 2.45) is 5.73 Å². The normalized spacial score (nSPS) is 20.3. The molecule has 1 aliphatic heterocycles. The number of benzene rings is 2. The van der Waals surface area contributed by atoms with Crippen LogP contribution in [-0.4, -0.2) is 35.7 Å². The molecule has 3 rings (SSSR count). The summed E-state index contributed by atoms with van der Waals surface area (Å²) < 4.78 is 12.9. The van der Waals surface area contributed by atoms with E-state index in [0.717, 1.165) is 4.90 Å². The highest BCUT2D eigenvalue weighted by molar-refractivity contribution is 7.99. The summed E-state index contributed by atoms with van der Waals surface area (Å²) in [6, 6.07) is 16.5. The number of nitrogens with two attached hydrogens (primary N) is 1. The van der Waals surface area contributed by atoms with Gasteiger partial charge in [-0.05, 0) is 29.8 Å². The van der Waals surface area contributed by atoms with Gasteiger partial charge in [0.15, 0.2) is 0 Å². The lowest BCUT2D eigenvalue weighted by molar-refractivity contribution is -0.129. The van der Waals surface area contributed by atoms with Gasteiger partial charge >= 0.3 is 0 Å². The molecule has 2 aromatic rings. The number of likely N-dealkylation sites (tertiary alicyclic amines) is 1. The van der Waals surface area contributed by atoms with Crippen LogP contribution in [0.1, 0.15) is 17.9 Å². The van der Waals surface area contributed by atoms with Crippen LogP contribution in [0.3, 0.4) is 0 Å². The fourth-order valence-electron chi connectivity index (χ4n) is 3.03. The lowest BCUT2D eigenvalue weighted by atomic mass is 9.95.